The zero-order chi connectivity index (χ0) is 27.6. The number of hydrogen-bond donors (Lipinski definition) is 0. The Bertz CT molecular complexity index is 1640. The second kappa shape index (κ2) is 9.58. The number of rotatable bonds is 6. The van der Waals surface area contributed by atoms with Crippen molar-refractivity contribution in [3.8, 4) is 17.3 Å². The van der Waals surface area contributed by atoms with Gasteiger partial charge in [0.1, 0.15) is 29.8 Å². The number of allylic oxidation sites excluding steroid dienone is 1. The summed E-state index contributed by atoms with van der Waals surface area (Å²) in [5, 5.41) is 0.519. The van der Waals surface area contributed by atoms with Crippen LogP contribution in [-0.2, 0) is 0 Å². The van der Waals surface area contributed by atoms with Crippen LogP contribution in [0.15, 0.2) is 49.2 Å². The van der Waals surface area contributed by atoms with Crippen LogP contribution in [0.2, 0.25) is 0 Å². The highest BCUT2D eigenvalue weighted by Crippen LogP contribution is 2.42. The lowest BCUT2D eigenvalue weighted by molar-refractivity contribution is 0.108. The number of fused-ring (bicyclic) bond motifs is 3. The Hall–Kier alpha value is -3.92. The molecule has 1 atom stereocenters. The van der Waals surface area contributed by atoms with Crippen molar-refractivity contribution in [3.63, 3.8) is 0 Å². The molecule has 1 unspecified atom stereocenters. The Labute approximate surface area is 236 Å². The van der Waals surface area contributed by atoms with E-state index in [1.165, 1.54) is 0 Å². The summed E-state index contributed by atoms with van der Waals surface area (Å²) in [4.78, 5) is 22.7. The number of aromatic nitrogens is 5. The van der Waals surface area contributed by atoms with Gasteiger partial charge in [0, 0.05) is 49.2 Å². The van der Waals surface area contributed by atoms with E-state index in [9.17, 15) is 0 Å². The number of pyridine rings is 1. The molecule has 210 valence electrons. The van der Waals surface area contributed by atoms with Crippen molar-refractivity contribution in [1.29, 1.82) is 0 Å². The van der Waals surface area contributed by atoms with Gasteiger partial charge in [-0.2, -0.15) is 9.97 Å². The molecule has 0 N–H and O–H groups in total. The number of anilines is 1. The molecule has 0 bridgehead atoms. The number of benzene rings is 1. The Morgan fingerprint density at radius 2 is 1.95 bits per heavy atom. The summed E-state index contributed by atoms with van der Waals surface area (Å²) >= 11 is 0. The van der Waals surface area contributed by atoms with Gasteiger partial charge in [0.25, 0.3) is 0 Å². The molecule has 1 aromatic carbocycles. The monoisotopic (exact) mass is 555 g/mol. The molecule has 8 rings (SSSR count). The number of ether oxygens (including phenoxy) is 1. The third-order valence-electron chi connectivity index (χ3n) is 9.38. The van der Waals surface area contributed by atoms with Gasteiger partial charge in [0.2, 0.25) is 0 Å². The minimum Gasteiger partial charge on any atom is -0.461 e. The van der Waals surface area contributed by atoms with Gasteiger partial charge in [-0.05, 0) is 44.3 Å². The van der Waals surface area contributed by atoms with Crippen LogP contribution < -0.4 is 9.64 Å². The SMILES string of the molecule is Fc1c(-c2cccc3c2C(F)CC=C3)ncc2c(N3CC(n4ccnc4)C3)nc(OCC34CCCN3CCC4)nc12. The van der Waals surface area contributed by atoms with Crippen molar-refractivity contribution in [2.75, 3.05) is 37.7 Å². The molecule has 6 heterocycles. The molecule has 0 saturated carbocycles. The molecule has 10 heteroatoms. The van der Waals surface area contributed by atoms with Crippen LogP contribution in [0, 0.1) is 5.82 Å². The van der Waals surface area contributed by atoms with Gasteiger partial charge in [-0.3, -0.25) is 9.88 Å². The number of imidazole rings is 1. The van der Waals surface area contributed by atoms with Crippen LogP contribution in [0.3, 0.4) is 0 Å². The van der Waals surface area contributed by atoms with Crippen LogP contribution in [0.5, 0.6) is 6.01 Å². The lowest BCUT2D eigenvalue weighted by atomic mass is 9.89. The maximum Gasteiger partial charge on any atom is 0.319 e. The van der Waals surface area contributed by atoms with Gasteiger partial charge in [-0.15, -0.1) is 0 Å². The molecule has 41 heavy (non-hydrogen) atoms. The fourth-order valence-corrected chi connectivity index (χ4v) is 7.19. The van der Waals surface area contributed by atoms with Crippen molar-refractivity contribution in [3.05, 3.63) is 66.1 Å². The van der Waals surface area contributed by atoms with E-state index in [0.717, 1.165) is 44.3 Å². The highest BCUT2D eigenvalue weighted by atomic mass is 19.1. The lowest BCUT2D eigenvalue weighted by Gasteiger charge is -2.41. The van der Waals surface area contributed by atoms with E-state index in [2.05, 4.69) is 29.3 Å². The van der Waals surface area contributed by atoms with Gasteiger partial charge >= 0.3 is 6.01 Å². The normalized spacial score (nSPS) is 21.7. The van der Waals surface area contributed by atoms with E-state index in [4.69, 9.17) is 9.72 Å². The number of halogens is 2. The molecule has 0 radical (unpaired) electrons. The largest absolute Gasteiger partial charge is 0.461 e. The molecular formula is C31H31F2N7O. The van der Waals surface area contributed by atoms with Gasteiger partial charge < -0.3 is 14.2 Å². The van der Waals surface area contributed by atoms with Gasteiger partial charge in [-0.25, -0.2) is 13.8 Å². The van der Waals surface area contributed by atoms with E-state index in [-0.39, 0.29) is 35.2 Å². The average Bonchev–Trinajstić information content (AvgIpc) is 3.70. The molecule has 3 saturated heterocycles. The zero-order valence-electron chi connectivity index (χ0n) is 22.7. The Morgan fingerprint density at radius 3 is 2.76 bits per heavy atom. The van der Waals surface area contributed by atoms with E-state index in [0.29, 0.717) is 42.0 Å². The van der Waals surface area contributed by atoms with Crippen LogP contribution in [0.25, 0.3) is 28.2 Å². The molecule has 0 amide bonds. The molecule has 3 aliphatic heterocycles. The maximum atomic E-state index is 16.5. The van der Waals surface area contributed by atoms with Gasteiger partial charge in [0.05, 0.1) is 23.3 Å². The fraction of sp³-hybridized carbons (Fsp3) is 0.419. The van der Waals surface area contributed by atoms with Crippen molar-refractivity contribution in [1.82, 2.24) is 29.4 Å². The zero-order valence-corrected chi connectivity index (χ0v) is 22.7. The predicted octanol–water partition coefficient (Wildman–Crippen LogP) is 5.52. The highest BCUT2D eigenvalue weighted by molar-refractivity contribution is 5.92. The van der Waals surface area contributed by atoms with Gasteiger partial charge in [-0.1, -0.05) is 30.4 Å². The molecule has 3 aromatic heterocycles. The smallest absolute Gasteiger partial charge is 0.319 e. The number of alkyl halides is 1. The first-order valence-corrected chi connectivity index (χ1v) is 14.5. The Kier molecular flexibility index (Phi) is 5.80. The van der Waals surface area contributed by atoms with Crippen LogP contribution >= 0.6 is 0 Å². The summed E-state index contributed by atoms with van der Waals surface area (Å²) in [5.41, 5.74) is 1.93. The molecule has 1 aliphatic carbocycles. The minimum atomic E-state index is -1.22. The standard InChI is InChI=1S/C31H31F2N7O/c32-24-8-2-6-20-5-1-7-22(25(20)24)27-26(33)28-23(15-35-27)29(39-16-21(17-39)38-14-11-34-19-38)37-30(36-28)41-18-31-9-3-12-40(31)13-4-10-31/h1-2,5-7,11,14-15,19,21,24H,3-4,8-10,12-13,16-18H2. The van der Waals surface area contributed by atoms with Crippen molar-refractivity contribution >= 4 is 22.8 Å². The third kappa shape index (κ3) is 4.02. The fourth-order valence-electron chi connectivity index (χ4n) is 7.19. The summed E-state index contributed by atoms with van der Waals surface area (Å²) < 4.78 is 39.9. The van der Waals surface area contributed by atoms with Crippen LogP contribution in [0.4, 0.5) is 14.6 Å². The summed E-state index contributed by atoms with van der Waals surface area (Å²) in [7, 11) is 0. The Balaban J connectivity index is 1.20. The quantitative estimate of drug-likeness (QED) is 0.310. The number of hydrogen-bond acceptors (Lipinski definition) is 7. The molecule has 4 aliphatic rings. The summed E-state index contributed by atoms with van der Waals surface area (Å²) in [5.74, 6) is 0.0206. The van der Waals surface area contributed by atoms with E-state index < -0.39 is 12.0 Å². The van der Waals surface area contributed by atoms with Crippen molar-refractivity contribution in [2.24, 2.45) is 0 Å². The van der Waals surface area contributed by atoms with Gasteiger partial charge in [0.15, 0.2) is 5.82 Å². The molecule has 3 fully saturated rings. The maximum absolute atomic E-state index is 16.5. The van der Waals surface area contributed by atoms with Crippen molar-refractivity contribution < 1.29 is 13.5 Å². The number of nitrogens with zero attached hydrogens (tertiary/aromatic N) is 7. The third-order valence-corrected chi connectivity index (χ3v) is 9.38. The first-order chi connectivity index (χ1) is 20.1. The average molecular weight is 556 g/mol. The van der Waals surface area contributed by atoms with E-state index >= 15 is 8.78 Å². The molecule has 4 aromatic rings. The predicted molar refractivity (Wildman–Crippen MR) is 152 cm³/mol. The molecular weight excluding hydrogens is 524 g/mol. The second-order valence-electron chi connectivity index (χ2n) is 11.7. The summed E-state index contributed by atoms with van der Waals surface area (Å²) in [6.07, 6.45) is 14.4. The summed E-state index contributed by atoms with van der Waals surface area (Å²) in [6, 6.07) is 5.82. The second-order valence-corrected chi connectivity index (χ2v) is 11.7. The molecule has 0 spiro atoms. The van der Waals surface area contributed by atoms with E-state index in [1.54, 1.807) is 18.5 Å². The van der Waals surface area contributed by atoms with Crippen LogP contribution in [0.1, 0.15) is 55.4 Å². The lowest BCUT2D eigenvalue weighted by Crippen LogP contribution is -2.48. The first kappa shape index (κ1) is 24.8. The Morgan fingerprint density at radius 1 is 1.10 bits per heavy atom. The highest BCUT2D eigenvalue weighted by Gasteiger charge is 2.45. The van der Waals surface area contributed by atoms with Crippen molar-refractivity contribution in [2.45, 2.75) is 49.9 Å². The topological polar surface area (TPSA) is 72.2 Å². The first-order valence-electron chi connectivity index (χ1n) is 14.5. The van der Waals surface area contributed by atoms with Crippen LogP contribution in [-0.4, -0.2) is 67.7 Å². The summed E-state index contributed by atoms with van der Waals surface area (Å²) in [6.45, 7) is 4.06. The van der Waals surface area contributed by atoms with E-state index in [1.807, 2.05) is 36.8 Å². The molecule has 8 nitrogen and oxygen atoms in total. The minimum absolute atomic E-state index is 0.0104.